The molecule has 0 N–H and O–H groups in total. The van der Waals surface area contributed by atoms with Gasteiger partial charge in [0.2, 0.25) is 0 Å². The van der Waals surface area contributed by atoms with Gasteiger partial charge in [0.25, 0.3) is 5.69 Å². The average molecular weight is 436 g/mol. The number of nitro groups is 1. The minimum atomic E-state index is -0.518. The van der Waals surface area contributed by atoms with Gasteiger partial charge >= 0.3 is 0 Å². The maximum Gasteiger partial charge on any atom is 0.270 e. The van der Waals surface area contributed by atoms with E-state index in [4.69, 9.17) is 4.98 Å². The number of pyridine rings is 1. The van der Waals surface area contributed by atoms with Crippen molar-refractivity contribution in [3.8, 4) is 16.5 Å². The van der Waals surface area contributed by atoms with Crippen molar-refractivity contribution in [2.75, 3.05) is 5.75 Å². The Hall–Kier alpha value is -3.02. The van der Waals surface area contributed by atoms with Crippen molar-refractivity contribution in [3.63, 3.8) is 0 Å². The van der Waals surface area contributed by atoms with Crippen LogP contribution in [0.4, 0.5) is 5.69 Å². The monoisotopic (exact) mass is 435 g/mol. The summed E-state index contributed by atoms with van der Waals surface area (Å²) < 4.78 is 0. The molecule has 0 spiro atoms. The van der Waals surface area contributed by atoms with E-state index in [1.54, 1.807) is 17.4 Å². The molecule has 0 bridgehead atoms. The normalized spacial score (nSPS) is 12.8. The fourth-order valence-electron chi connectivity index (χ4n) is 3.63. The first-order valence-electron chi connectivity index (χ1n) is 9.48. The second-order valence-electron chi connectivity index (χ2n) is 6.91. The molecular formula is C22H17N3O3S2. The highest BCUT2D eigenvalue weighted by atomic mass is 32.2. The van der Waals surface area contributed by atoms with Crippen LogP contribution in [0.5, 0.6) is 0 Å². The summed E-state index contributed by atoms with van der Waals surface area (Å²) in [6, 6.07) is 12.0. The summed E-state index contributed by atoms with van der Waals surface area (Å²) in [4.78, 5) is 28.9. The number of ketones is 1. The number of hydrogen-bond acceptors (Lipinski definition) is 7. The Bertz CT molecular complexity index is 1170. The molecule has 0 saturated carbocycles. The van der Waals surface area contributed by atoms with Gasteiger partial charge < -0.3 is 0 Å². The minimum Gasteiger partial charge on any atom is -0.293 e. The molecule has 0 radical (unpaired) electrons. The van der Waals surface area contributed by atoms with Gasteiger partial charge in [0.05, 0.1) is 16.2 Å². The topological polar surface area (TPSA) is 96.9 Å². The van der Waals surface area contributed by atoms with Gasteiger partial charge in [0.15, 0.2) is 5.78 Å². The molecule has 1 aliphatic carbocycles. The van der Waals surface area contributed by atoms with E-state index in [0.29, 0.717) is 10.6 Å². The van der Waals surface area contributed by atoms with Gasteiger partial charge in [-0.3, -0.25) is 14.9 Å². The fourth-order valence-corrected chi connectivity index (χ4v) is 5.33. The van der Waals surface area contributed by atoms with Gasteiger partial charge in [0.1, 0.15) is 11.1 Å². The molecule has 150 valence electrons. The molecule has 3 aromatic rings. The number of non-ortho nitro benzene ring substituents is 1. The number of nitriles is 1. The summed E-state index contributed by atoms with van der Waals surface area (Å²) in [6.07, 6.45) is 3.91. The van der Waals surface area contributed by atoms with Crippen molar-refractivity contribution in [2.45, 2.75) is 30.7 Å². The van der Waals surface area contributed by atoms with Gasteiger partial charge in [-0.05, 0) is 42.7 Å². The highest BCUT2D eigenvalue weighted by Gasteiger charge is 2.24. The third kappa shape index (κ3) is 3.99. The van der Waals surface area contributed by atoms with Crippen molar-refractivity contribution >= 4 is 34.6 Å². The van der Waals surface area contributed by atoms with Crippen molar-refractivity contribution in [3.05, 3.63) is 74.3 Å². The molecule has 2 aromatic heterocycles. The van der Waals surface area contributed by atoms with Crippen molar-refractivity contribution in [2.24, 2.45) is 0 Å². The summed E-state index contributed by atoms with van der Waals surface area (Å²) in [6.45, 7) is 0. The van der Waals surface area contributed by atoms with E-state index in [-0.39, 0.29) is 22.8 Å². The number of nitro benzene ring substituents is 1. The molecule has 1 aromatic carbocycles. The Kier molecular flexibility index (Phi) is 5.93. The zero-order valence-corrected chi connectivity index (χ0v) is 17.6. The Morgan fingerprint density at radius 2 is 2.10 bits per heavy atom. The van der Waals surface area contributed by atoms with E-state index in [1.807, 2.05) is 17.5 Å². The molecule has 8 heteroatoms. The number of nitrogens with zero attached hydrogens (tertiary/aromatic N) is 3. The largest absolute Gasteiger partial charge is 0.293 e. The maximum atomic E-state index is 12.6. The summed E-state index contributed by atoms with van der Waals surface area (Å²) in [5.74, 6) is -0.171. The maximum absolute atomic E-state index is 12.6. The van der Waals surface area contributed by atoms with Crippen LogP contribution in [0.1, 0.15) is 40.0 Å². The van der Waals surface area contributed by atoms with E-state index >= 15 is 0 Å². The number of Topliss-reactive ketones (excluding diaryl/α,β-unsaturated/α-hetero) is 1. The quantitative estimate of drug-likeness (QED) is 0.221. The third-order valence-corrected chi connectivity index (χ3v) is 6.90. The van der Waals surface area contributed by atoms with Crippen molar-refractivity contribution in [1.29, 1.82) is 5.26 Å². The Labute approximate surface area is 181 Å². The number of hydrogen-bond donors (Lipinski definition) is 0. The summed E-state index contributed by atoms with van der Waals surface area (Å²) in [5, 5.41) is 23.4. The number of thioether (sulfide) groups is 1. The fraction of sp³-hybridized carbons (Fsp3) is 0.227. The van der Waals surface area contributed by atoms with Crippen LogP contribution < -0.4 is 0 Å². The van der Waals surface area contributed by atoms with Crippen LogP contribution in [0.2, 0.25) is 0 Å². The summed E-state index contributed by atoms with van der Waals surface area (Å²) in [5.41, 5.74) is 3.78. The number of fused-ring (bicyclic) bond motifs is 1. The van der Waals surface area contributed by atoms with Crippen molar-refractivity contribution in [1.82, 2.24) is 4.98 Å². The number of carbonyl (C=O) groups is 1. The van der Waals surface area contributed by atoms with Crippen LogP contribution in [-0.2, 0) is 12.8 Å². The molecule has 0 saturated heterocycles. The van der Waals surface area contributed by atoms with Crippen molar-refractivity contribution < 1.29 is 9.72 Å². The predicted octanol–water partition coefficient (Wildman–Crippen LogP) is 5.44. The smallest absolute Gasteiger partial charge is 0.270 e. The molecule has 2 heterocycles. The first-order chi connectivity index (χ1) is 14.6. The third-order valence-electron chi connectivity index (χ3n) is 5.04. The molecule has 0 aliphatic heterocycles. The standard InChI is InChI=1S/C22H17N3O3S2/c23-12-17-21(20-9-4-10-29-20)16-7-1-2-8-18(16)24-22(17)30-13-19(26)14-5-3-6-15(11-14)25(27)28/h3-6,9-11H,1-2,7-8,13H2. The lowest BCUT2D eigenvalue weighted by Crippen LogP contribution is -2.11. The molecule has 0 fully saturated rings. The van der Waals surface area contributed by atoms with Crippen LogP contribution >= 0.6 is 23.1 Å². The molecule has 30 heavy (non-hydrogen) atoms. The highest BCUT2D eigenvalue weighted by molar-refractivity contribution is 8.00. The Morgan fingerprint density at radius 3 is 2.83 bits per heavy atom. The van der Waals surface area contributed by atoms with Gasteiger partial charge in [-0.2, -0.15) is 5.26 Å². The average Bonchev–Trinajstić information content (AvgIpc) is 3.30. The van der Waals surface area contributed by atoms with E-state index in [9.17, 15) is 20.2 Å². The Balaban J connectivity index is 1.67. The van der Waals surface area contributed by atoms with Gasteiger partial charge in [-0.25, -0.2) is 4.98 Å². The summed E-state index contributed by atoms with van der Waals surface area (Å²) >= 11 is 2.82. The van der Waals surface area contributed by atoms with Crippen LogP contribution in [-0.4, -0.2) is 21.4 Å². The van der Waals surface area contributed by atoms with Gasteiger partial charge in [-0.1, -0.05) is 30.0 Å². The highest BCUT2D eigenvalue weighted by Crippen LogP contribution is 2.39. The number of carbonyl (C=O) groups excluding carboxylic acids is 1. The van der Waals surface area contributed by atoms with Crippen LogP contribution in [0.25, 0.3) is 10.4 Å². The van der Waals surface area contributed by atoms with E-state index in [2.05, 4.69) is 6.07 Å². The minimum absolute atomic E-state index is 0.0610. The van der Waals surface area contributed by atoms with Crippen LogP contribution in [0.3, 0.4) is 0 Å². The Morgan fingerprint density at radius 1 is 1.27 bits per heavy atom. The second kappa shape index (κ2) is 8.78. The number of thiophene rings is 1. The zero-order valence-electron chi connectivity index (χ0n) is 16.0. The number of aromatic nitrogens is 1. The molecule has 0 atom stereocenters. The van der Waals surface area contributed by atoms with Gasteiger partial charge in [0, 0.05) is 33.8 Å². The SMILES string of the molecule is N#Cc1c(SCC(=O)c2cccc([N+](=O)[O-])c2)nc2c(c1-c1cccs1)CCCC2. The lowest BCUT2D eigenvalue weighted by atomic mass is 9.89. The number of aryl methyl sites for hydroxylation is 1. The molecule has 0 unspecified atom stereocenters. The van der Waals surface area contributed by atoms with Crippen LogP contribution in [0.15, 0.2) is 46.8 Å². The van der Waals surface area contributed by atoms with Gasteiger partial charge in [-0.15, -0.1) is 11.3 Å². The zero-order chi connectivity index (χ0) is 21.1. The first kappa shape index (κ1) is 20.3. The second-order valence-corrected chi connectivity index (χ2v) is 8.82. The van der Waals surface area contributed by atoms with E-state index in [1.165, 1.54) is 30.0 Å². The summed E-state index contributed by atoms with van der Waals surface area (Å²) in [7, 11) is 0. The predicted molar refractivity (Wildman–Crippen MR) is 117 cm³/mol. The van der Waals surface area contributed by atoms with E-state index < -0.39 is 4.92 Å². The molecule has 1 aliphatic rings. The number of benzene rings is 1. The molecular weight excluding hydrogens is 418 g/mol. The molecule has 4 rings (SSSR count). The lowest BCUT2D eigenvalue weighted by Gasteiger charge is -2.21. The van der Waals surface area contributed by atoms with E-state index in [0.717, 1.165) is 47.4 Å². The first-order valence-corrected chi connectivity index (χ1v) is 11.3. The molecule has 0 amide bonds. The van der Waals surface area contributed by atoms with Crippen LogP contribution in [0, 0.1) is 21.4 Å². The number of rotatable bonds is 6. The lowest BCUT2D eigenvalue weighted by molar-refractivity contribution is -0.384. The molecule has 6 nitrogen and oxygen atoms in total.